The topological polar surface area (TPSA) is 53.5 Å². The molecule has 1 saturated heterocycles. The summed E-state index contributed by atoms with van der Waals surface area (Å²) in [5.41, 5.74) is 1.85. The standard InChI is InChI=1S/C21H22ClN3O2S/c1-2-10-24(21-23-17-8-3-4-9-18(17)28-21)20(27)14-11-19(26)25(13-14)16-7-5-6-15(22)12-16/h2,5-7,12,14H,1,3-4,8-11,13H2. The zero-order chi connectivity index (χ0) is 19.7. The zero-order valence-corrected chi connectivity index (χ0v) is 17.1. The van der Waals surface area contributed by atoms with Crippen molar-refractivity contribution in [3.8, 4) is 0 Å². The van der Waals surface area contributed by atoms with Gasteiger partial charge in [0, 0.05) is 35.1 Å². The Labute approximate surface area is 173 Å². The molecule has 146 valence electrons. The van der Waals surface area contributed by atoms with Gasteiger partial charge in [0.1, 0.15) is 0 Å². The zero-order valence-electron chi connectivity index (χ0n) is 15.6. The lowest BCUT2D eigenvalue weighted by atomic mass is 10.0. The predicted octanol–water partition coefficient (Wildman–Crippen LogP) is 4.25. The Morgan fingerprint density at radius 2 is 2.21 bits per heavy atom. The number of hydrogen-bond donors (Lipinski definition) is 0. The van der Waals surface area contributed by atoms with E-state index in [1.807, 2.05) is 12.1 Å². The molecule has 1 fully saturated rings. The van der Waals surface area contributed by atoms with Crippen LogP contribution in [0, 0.1) is 5.92 Å². The van der Waals surface area contributed by atoms with Crippen molar-refractivity contribution in [2.45, 2.75) is 32.1 Å². The number of rotatable bonds is 5. The lowest BCUT2D eigenvalue weighted by Gasteiger charge is -2.22. The minimum atomic E-state index is -0.396. The highest BCUT2D eigenvalue weighted by Crippen LogP contribution is 2.34. The highest BCUT2D eigenvalue weighted by Gasteiger charge is 2.38. The maximum atomic E-state index is 13.3. The molecular formula is C21H22ClN3O2S. The first-order chi connectivity index (χ1) is 13.6. The van der Waals surface area contributed by atoms with Crippen molar-refractivity contribution < 1.29 is 9.59 Å². The molecule has 2 amide bonds. The van der Waals surface area contributed by atoms with E-state index in [-0.39, 0.29) is 18.2 Å². The molecule has 2 aliphatic rings. The number of nitrogens with zero attached hydrogens (tertiary/aromatic N) is 3. The first-order valence-electron chi connectivity index (χ1n) is 9.53. The second kappa shape index (κ2) is 8.05. The van der Waals surface area contributed by atoms with Gasteiger partial charge in [0.05, 0.1) is 11.6 Å². The average Bonchev–Trinajstić information content (AvgIpc) is 3.29. The maximum Gasteiger partial charge on any atom is 0.234 e. The number of halogens is 1. The summed E-state index contributed by atoms with van der Waals surface area (Å²) in [5, 5.41) is 1.30. The van der Waals surface area contributed by atoms with E-state index in [1.165, 1.54) is 11.3 Å². The Balaban J connectivity index is 1.55. The first-order valence-corrected chi connectivity index (χ1v) is 10.7. The molecule has 0 N–H and O–H groups in total. The Hall–Kier alpha value is -2.18. The summed E-state index contributed by atoms with van der Waals surface area (Å²) < 4.78 is 0. The van der Waals surface area contributed by atoms with Crippen LogP contribution in [0.4, 0.5) is 10.8 Å². The van der Waals surface area contributed by atoms with E-state index in [0.717, 1.165) is 35.8 Å². The number of hydrogen-bond acceptors (Lipinski definition) is 4. The summed E-state index contributed by atoms with van der Waals surface area (Å²) in [4.78, 5) is 35.2. The van der Waals surface area contributed by atoms with Crippen molar-refractivity contribution >= 4 is 45.6 Å². The molecule has 1 atom stereocenters. The molecule has 0 bridgehead atoms. The van der Waals surface area contributed by atoms with Gasteiger partial charge in [0.15, 0.2) is 5.13 Å². The highest BCUT2D eigenvalue weighted by atomic mass is 35.5. The number of fused-ring (bicyclic) bond motifs is 1. The van der Waals surface area contributed by atoms with E-state index in [9.17, 15) is 9.59 Å². The summed E-state index contributed by atoms with van der Waals surface area (Å²) in [6.07, 6.45) is 6.25. The molecule has 0 spiro atoms. The van der Waals surface area contributed by atoms with Gasteiger partial charge in [0.2, 0.25) is 11.8 Å². The number of anilines is 2. The van der Waals surface area contributed by atoms with Crippen LogP contribution in [0.25, 0.3) is 0 Å². The third-order valence-electron chi connectivity index (χ3n) is 5.24. The van der Waals surface area contributed by atoms with Gasteiger partial charge in [-0.25, -0.2) is 4.98 Å². The molecule has 1 unspecified atom stereocenters. The first kappa shape index (κ1) is 19.2. The van der Waals surface area contributed by atoms with Crippen molar-refractivity contribution in [2.24, 2.45) is 5.92 Å². The van der Waals surface area contributed by atoms with Crippen LogP contribution in [0.1, 0.15) is 29.8 Å². The fourth-order valence-corrected chi connectivity index (χ4v) is 5.18. The van der Waals surface area contributed by atoms with Crippen LogP contribution in [0.3, 0.4) is 0 Å². The maximum absolute atomic E-state index is 13.3. The Morgan fingerprint density at radius 3 is 2.96 bits per heavy atom. The number of thiazole rings is 1. The van der Waals surface area contributed by atoms with Gasteiger partial charge in [-0.2, -0.15) is 0 Å². The van der Waals surface area contributed by atoms with Crippen LogP contribution < -0.4 is 9.80 Å². The van der Waals surface area contributed by atoms with Crippen LogP contribution in [0.5, 0.6) is 0 Å². The van der Waals surface area contributed by atoms with E-state index in [0.29, 0.717) is 18.1 Å². The smallest absolute Gasteiger partial charge is 0.234 e. The molecule has 5 nitrogen and oxygen atoms in total. The highest BCUT2D eigenvalue weighted by molar-refractivity contribution is 7.16. The minimum Gasteiger partial charge on any atom is -0.312 e. The van der Waals surface area contributed by atoms with E-state index in [2.05, 4.69) is 6.58 Å². The number of carbonyl (C=O) groups is 2. The van der Waals surface area contributed by atoms with E-state index >= 15 is 0 Å². The number of amides is 2. The number of aryl methyl sites for hydroxylation is 2. The van der Waals surface area contributed by atoms with Crippen LogP contribution >= 0.6 is 22.9 Å². The van der Waals surface area contributed by atoms with Gasteiger partial charge >= 0.3 is 0 Å². The van der Waals surface area contributed by atoms with Crippen molar-refractivity contribution in [3.05, 3.63) is 52.5 Å². The Morgan fingerprint density at radius 1 is 1.39 bits per heavy atom. The van der Waals surface area contributed by atoms with Gasteiger partial charge in [-0.15, -0.1) is 17.9 Å². The predicted molar refractivity (Wildman–Crippen MR) is 113 cm³/mol. The lowest BCUT2D eigenvalue weighted by Crippen LogP contribution is -2.37. The summed E-state index contributed by atoms with van der Waals surface area (Å²) in [6.45, 7) is 4.55. The number of aromatic nitrogens is 1. The van der Waals surface area contributed by atoms with Gasteiger partial charge in [0.25, 0.3) is 0 Å². The van der Waals surface area contributed by atoms with Crippen LogP contribution in [-0.2, 0) is 22.4 Å². The molecule has 1 aliphatic heterocycles. The number of carbonyl (C=O) groups excluding carboxylic acids is 2. The third kappa shape index (κ3) is 3.71. The summed E-state index contributed by atoms with van der Waals surface area (Å²) >= 11 is 7.66. The molecule has 2 heterocycles. The summed E-state index contributed by atoms with van der Waals surface area (Å²) in [5.74, 6) is -0.520. The van der Waals surface area contributed by atoms with Crippen molar-refractivity contribution in [3.63, 3.8) is 0 Å². The van der Waals surface area contributed by atoms with E-state index in [4.69, 9.17) is 16.6 Å². The molecule has 2 aromatic rings. The molecule has 7 heteroatoms. The SMILES string of the molecule is C=CCN(C(=O)C1CC(=O)N(c2cccc(Cl)c2)C1)c1nc2c(s1)CCCC2. The lowest BCUT2D eigenvalue weighted by molar-refractivity contribution is -0.124. The van der Waals surface area contributed by atoms with Crippen molar-refractivity contribution in [1.29, 1.82) is 0 Å². The molecule has 28 heavy (non-hydrogen) atoms. The van der Waals surface area contributed by atoms with Crippen LogP contribution in [-0.4, -0.2) is 29.9 Å². The monoisotopic (exact) mass is 415 g/mol. The van der Waals surface area contributed by atoms with Crippen molar-refractivity contribution in [1.82, 2.24) is 4.98 Å². The van der Waals surface area contributed by atoms with Crippen LogP contribution in [0.15, 0.2) is 36.9 Å². The molecule has 4 rings (SSSR count). The Kier molecular flexibility index (Phi) is 5.51. The van der Waals surface area contributed by atoms with Crippen LogP contribution in [0.2, 0.25) is 5.02 Å². The van der Waals surface area contributed by atoms with Gasteiger partial charge in [-0.05, 0) is 43.9 Å². The molecular weight excluding hydrogens is 394 g/mol. The normalized spacial score (nSPS) is 18.8. The fourth-order valence-electron chi connectivity index (χ4n) is 3.83. The van der Waals surface area contributed by atoms with E-state index < -0.39 is 5.92 Å². The summed E-state index contributed by atoms with van der Waals surface area (Å²) in [7, 11) is 0. The molecule has 1 aromatic heterocycles. The van der Waals surface area contributed by atoms with Gasteiger partial charge in [-0.1, -0.05) is 23.7 Å². The quantitative estimate of drug-likeness (QED) is 0.686. The second-order valence-electron chi connectivity index (χ2n) is 7.20. The molecule has 0 radical (unpaired) electrons. The minimum absolute atomic E-state index is 0.0578. The van der Waals surface area contributed by atoms with E-state index in [1.54, 1.807) is 39.3 Å². The van der Waals surface area contributed by atoms with Crippen molar-refractivity contribution in [2.75, 3.05) is 22.9 Å². The molecule has 1 aliphatic carbocycles. The molecule has 0 saturated carbocycles. The average molecular weight is 416 g/mol. The fraction of sp³-hybridized carbons (Fsp3) is 0.381. The molecule has 1 aromatic carbocycles. The second-order valence-corrected chi connectivity index (χ2v) is 8.69. The third-order valence-corrected chi connectivity index (χ3v) is 6.65. The Bertz CT molecular complexity index is 903. The van der Waals surface area contributed by atoms with Gasteiger partial charge in [-0.3, -0.25) is 14.5 Å². The summed E-state index contributed by atoms with van der Waals surface area (Å²) in [6, 6.07) is 7.17. The number of benzene rings is 1. The largest absolute Gasteiger partial charge is 0.312 e. The van der Waals surface area contributed by atoms with Gasteiger partial charge < -0.3 is 4.90 Å².